The Kier molecular flexibility index (Phi) is 5.45. The lowest BCUT2D eigenvalue weighted by Gasteiger charge is -2.03. The number of halogens is 1. The molecule has 0 bridgehead atoms. The number of aryl methyl sites for hydroxylation is 1. The molecule has 13 heteroatoms. The van der Waals surface area contributed by atoms with Gasteiger partial charge in [-0.2, -0.15) is 10.2 Å². The molecule has 0 atom stereocenters. The highest BCUT2D eigenvalue weighted by atomic mass is 19.1. The third kappa shape index (κ3) is 4.35. The van der Waals surface area contributed by atoms with Crippen molar-refractivity contribution in [3.05, 3.63) is 81.4 Å². The number of nitro groups is 1. The Morgan fingerprint density at radius 2 is 2.00 bits per heavy atom. The van der Waals surface area contributed by atoms with Crippen molar-refractivity contribution in [2.75, 3.05) is 5.32 Å². The van der Waals surface area contributed by atoms with E-state index in [1.54, 1.807) is 32.2 Å². The highest BCUT2D eigenvalue weighted by Gasteiger charge is 2.22. The second-order valence-corrected chi connectivity index (χ2v) is 7.01. The van der Waals surface area contributed by atoms with Gasteiger partial charge in [0.15, 0.2) is 5.69 Å². The maximum absolute atomic E-state index is 13.3. The molecule has 0 spiro atoms. The maximum atomic E-state index is 13.3. The number of anilines is 1. The second kappa shape index (κ2) is 8.37. The van der Waals surface area contributed by atoms with Crippen molar-refractivity contribution in [3.63, 3.8) is 0 Å². The van der Waals surface area contributed by atoms with E-state index in [9.17, 15) is 19.3 Å². The van der Waals surface area contributed by atoms with E-state index in [4.69, 9.17) is 0 Å². The van der Waals surface area contributed by atoms with Gasteiger partial charge in [0.25, 0.3) is 5.91 Å². The summed E-state index contributed by atoms with van der Waals surface area (Å²) in [7, 11) is 0. The van der Waals surface area contributed by atoms with Crippen molar-refractivity contribution in [1.82, 2.24) is 34.3 Å². The van der Waals surface area contributed by atoms with Crippen LogP contribution in [0.4, 0.5) is 16.0 Å². The minimum atomic E-state index is -0.522. The van der Waals surface area contributed by atoms with Gasteiger partial charge in [-0.05, 0) is 37.6 Å². The number of benzene rings is 1. The Hall–Kier alpha value is -4.42. The minimum absolute atomic E-state index is 0.0463. The van der Waals surface area contributed by atoms with Gasteiger partial charge < -0.3 is 0 Å². The molecule has 1 aromatic carbocycles. The molecule has 0 aliphatic rings. The summed E-state index contributed by atoms with van der Waals surface area (Å²) in [5.41, 5.74) is 1.47. The third-order valence-corrected chi connectivity index (χ3v) is 4.67. The normalized spacial score (nSPS) is 11.0. The fraction of sp³-hybridized carbons (Fsp3) is 0.211. The second-order valence-electron chi connectivity index (χ2n) is 7.01. The Bertz CT molecular complexity index is 1310. The molecule has 1 amide bonds. The first kappa shape index (κ1) is 20.8. The summed E-state index contributed by atoms with van der Waals surface area (Å²) >= 11 is 0. The average Bonchev–Trinajstić information content (AvgIpc) is 3.42. The molecule has 0 aliphatic heterocycles. The fourth-order valence-corrected chi connectivity index (χ4v) is 3.20. The summed E-state index contributed by atoms with van der Waals surface area (Å²) in [4.78, 5) is 27.2. The van der Waals surface area contributed by atoms with Crippen LogP contribution in [0.3, 0.4) is 0 Å². The highest BCUT2D eigenvalue weighted by molar-refractivity contribution is 6.01. The van der Waals surface area contributed by atoms with E-state index >= 15 is 0 Å². The molecule has 32 heavy (non-hydrogen) atoms. The molecule has 0 saturated carbocycles. The molecule has 1 N–H and O–H groups in total. The van der Waals surface area contributed by atoms with E-state index in [2.05, 4.69) is 25.6 Å². The van der Waals surface area contributed by atoms with Gasteiger partial charge in [0.2, 0.25) is 5.95 Å². The monoisotopic (exact) mass is 439 g/mol. The quantitative estimate of drug-likeness (QED) is 0.344. The van der Waals surface area contributed by atoms with Gasteiger partial charge >= 0.3 is 5.69 Å². The van der Waals surface area contributed by atoms with Crippen molar-refractivity contribution in [2.45, 2.75) is 27.1 Å². The van der Waals surface area contributed by atoms with E-state index < -0.39 is 10.8 Å². The molecule has 0 saturated heterocycles. The number of rotatable bonds is 7. The van der Waals surface area contributed by atoms with Gasteiger partial charge in [-0.15, -0.1) is 5.10 Å². The zero-order valence-electron chi connectivity index (χ0n) is 17.1. The number of amides is 1. The number of carbonyl (C=O) groups excluding carboxylic acids is 1. The Labute approximate surface area is 180 Å². The molecule has 3 heterocycles. The SMILES string of the molecule is Cc1nn(Cn2ccc(C(=O)Nc3ncn(Cc4cccc(F)c4)n3)n2)c(C)c1[N+](=O)[O-]. The van der Waals surface area contributed by atoms with Gasteiger partial charge in [0, 0.05) is 6.20 Å². The van der Waals surface area contributed by atoms with Crippen LogP contribution in [0.25, 0.3) is 0 Å². The van der Waals surface area contributed by atoms with E-state index in [1.807, 2.05) is 0 Å². The largest absolute Gasteiger partial charge is 0.312 e. The molecule has 0 aliphatic carbocycles. The number of nitrogens with one attached hydrogen (secondary N) is 1. The summed E-state index contributed by atoms with van der Waals surface area (Å²) in [6.45, 7) is 3.56. The van der Waals surface area contributed by atoms with Crippen molar-refractivity contribution < 1.29 is 14.1 Å². The molecule has 12 nitrogen and oxygen atoms in total. The molecular weight excluding hydrogens is 421 g/mol. The molecule has 3 aromatic heterocycles. The van der Waals surface area contributed by atoms with Crippen LogP contribution in [-0.2, 0) is 13.2 Å². The van der Waals surface area contributed by atoms with Crippen LogP contribution < -0.4 is 5.32 Å². The van der Waals surface area contributed by atoms with Crippen molar-refractivity contribution in [3.8, 4) is 0 Å². The summed E-state index contributed by atoms with van der Waals surface area (Å²) < 4.78 is 17.7. The van der Waals surface area contributed by atoms with Crippen LogP contribution in [-0.4, -0.2) is 45.2 Å². The van der Waals surface area contributed by atoms with E-state index in [0.717, 1.165) is 0 Å². The van der Waals surface area contributed by atoms with Crippen LogP contribution in [0, 0.1) is 29.8 Å². The molecule has 164 valence electrons. The van der Waals surface area contributed by atoms with Crippen molar-refractivity contribution >= 4 is 17.5 Å². The lowest BCUT2D eigenvalue weighted by molar-refractivity contribution is -0.386. The zero-order chi connectivity index (χ0) is 22.8. The number of carbonyl (C=O) groups is 1. The predicted molar refractivity (Wildman–Crippen MR) is 109 cm³/mol. The van der Waals surface area contributed by atoms with Crippen LogP contribution >= 0.6 is 0 Å². The molecule has 0 unspecified atom stereocenters. The first-order valence-electron chi connectivity index (χ1n) is 9.47. The average molecular weight is 439 g/mol. The molecule has 4 rings (SSSR count). The first-order valence-corrected chi connectivity index (χ1v) is 9.47. The molecular formula is C19H18FN9O3. The van der Waals surface area contributed by atoms with Gasteiger partial charge in [-0.25, -0.2) is 18.7 Å². The zero-order valence-corrected chi connectivity index (χ0v) is 17.1. The Balaban J connectivity index is 1.41. The maximum Gasteiger partial charge on any atom is 0.312 e. The third-order valence-electron chi connectivity index (χ3n) is 4.67. The highest BCUT2D eigenvalue weighted by Crippen LogP contribution is 2.21. The van der Waals surface area contributed by atoms with E-state index in [-0.39, 0.29) is 29.8 Å². The number of hydrogen-bond acceptors (Lipinski definition) is 7. The number of aromatic nitrogens is 7. The fourth-order valence-electron chi connectivity index (χ4n) is 3.20. The lowest BCUT2D eigenvalue weighted by atomic mass is 10.2. The smallest absolute Gasteiger partial charge is 0.288 e. The van der Waals surface area contributed by atoms with Crippen LogP contribution in [0.5, 0.6) is 0 Å². The molecule has 0 radical (unpaired) electrons. The molecule has 4 aromatic rings. The lowest BCUT2D eigenvalue weighted by Crippen LogP contribution is -2.16. The standard InChI is InChI=1S/C19H18FN9O3/c1-12-17(29(31)32)13(2)28(23-12)11-26-7-6-16(24-26)18(30)22-19-21-10-27(25-19)9-14-4-3-5-15(20)8-14/h3-8,10H,9,11H2,1-2H3,(H,22,25,30). The summed E-state index contributed by atoms with van der Waals surface area (Å²) in [5, 5.41) is 26.2. The Morgan fingerprint density at radius 1 is 1.19 bits per heavy atom. The van der Waals surface area contributed by atoms with Crippen LogP contribution in [0.2, 0.25) is 0 Å². The van der Waals surface area contributed by atoms with Gasteiger partial charge in [0.05, 0.1) is 11.5 Å². The van der Waals surface area contributed by atoms with Crippen molar-refractivity contribution in [2.24, 2.45) is 0 Å². The number of nitrogens with zero attached hydrogens (tertiary/aromatic N) is 8. The predicted octanol–water partition coefficient (Wildman–Crippen LogP) is 2.14. The van der Waals surface area contributed by atoms with E-state index in [0.29, 0.717) is 23.5 Å². The van der Waals surface area contributed by atoms with E-state index in [1.165, 1.54) is 38.6 Å². The first-order chi connectivity index (χ1) is 15.3. The van der Waals surface area contributed by atoms with Crippen LogP contribution in [0.15, 0.2) is 42.9 Å². The minimum Gasteiger partial charge on any atom is -0.288 e. The van der Waals surface area contributed by atoms with Crippen molar-refractivity contribution in [1.29, 1.82) is 0 Å². The topological polar surface area (TPSA) is 139 Å². The van der Waals surface area contributed by atoms with Crippen LogP contribution in [0.1, 0.15) is 27.4 Å². The summed E-state index contributed by atoms with van der Waals surface area (Å²) in [6.07, 6.45) is 2.99. The van der Waals surface area contributed by atoms with Gasteiger partial charge in [-0.1, -0.05) is 12.1 Å². The molecule has 0 fully saturated rings. The number of hydrogen-bond donors (Lipinski definition) is 1. The summed E-state index contributed by atoms with van der Waals surface area (Å²) in [5.74, 6) is -0.788. The Morgan fingerprint density at radius 3 is 2.72 bits per heavy atom. The summed E-state index contributed by atoms with van der Waals surface area (Å²) in [6, 6.07) is 7.60. The van der Waals surface area contributed by atoms with Gasteiger partial charge in [0.1, 0.15) is 30.2 Å². The van der Waals surface area contributed by atoms with Gasteiger partial charge in [-0.3, -0.25) is 24.9 Å².